The average Bonchev–Trinajstić information content (AvgIpc) is 3.38. The highest BCUT2D eigenvalue weighted by Crippen LogP contribution is 2.44. The molecule has 9 aromatic rings. The van der Waals surface area contributed by atoms with E-state index in [0.29, 0.717) is 0 Å². The minimum Gasteiger partial charge on any atom is -0.314 e. The lowest BCUT2D eigenvalue weighted by Gasteiger charge is -2.33. The van der Waals surface area contributed by atoms with Crippen LogP contribution in [0.5, 0.6) is 0 Å². The van der Waals surface area contributed by atoms with Crippen molar-refractivity contribution in [1.82, 2.24) is 0 Å². The summed E-state index contributed by atoms with van der Waals surface area (Å²) < 4.78 is 0. The van der Waals surface area contributed by atoms with Gasteiger partial charge in [0, 0.05) is 45.6 Å². The van der Waals surface area contributed by atoms with Gasteiger partial charge in [-0.15, -0.1) is 0 Å². The number of allylic oxidation sites excluding steroid dienone is 8. The topological polar surface area (TPSA) is 6.48 Å². The lowest BCUT2D eigenvalue weighted by atomic mass is 9.85. The number of para-hydroxylation sites is 3. The molecular weight excluding hydrogens is 773 g/mol. The van der Waals surface area contributed by atoms with Crippen molar-refractivity contribution >= 4 is 50.0 Å². The van der Waals surface area contributed by atoms with Crippen molar-refractivity contribution in [3.8, 4) is 22.3 Å². The molecule has 0 fully saturated rings. The van der Waals surface area contributed by atoms with E-state index in [0.717, 1.165) is 36.3 Å². The Labute approximate surface area is 376 Å². The van der Waals surface area contributed by atoms with Crippen molar-refractivity contribution < 1.29 is 0 Å². The van der Waals surface area contributed by atoms with Gasteiger partial charge in [-0.2, -0.15) is 0 Å². The molecule has 0 saturated carbocycles. The molecule has 0 heterocycles. The molecule has 2 aliphatic carbocycles. The maximum atomic E-state index is 2.48. The van der Waals surface area contributed by atoms with Crippen LogP contribution in [0, 0.1) is 0 Å². The molecule has 64 heavy (non-hydrogen) atoms. The van der Waals surface area contributed by atoms with Gasteiger partial charge in [-0.25, -0.2) is 0 Å². The maximum absolute atomic E-state index is 2.48. The summed E-state index contributed by atoms with van der Waals surface area (Å²) in [6.07, 6.45) is 14.8. The second kappa shape index (κ2) is 17.4. The SMILES string of the molecule is C1=CC(C2=CCC(c3ccccc3N(c3ccccc3)c3ccc(-c4cccc5ccccc45)cc3)C=C2)=C(N(c2ccccc2)c2ccc(-c3cccc4ccccc34)cc2)CC1. The van der Waals surface area contributed by atoms with E-state index in [-0.39, 0.29) is 5.92 Å². The molecule has 0 amide bonds. The fourth-order valence-corrected chi connectivity index (χ4v) is 9.78. The first-order chi connectivity index (χ1) is 31.8. The lowest BCUT2D eigenvalue weighted by Crippen LogP contribution is -2.20. The van der Waals surface area contributed by atoms with Crippen LogP contribution >= 0.6 is 0 Å². The molecule has 9 aromatic carbocycles. The summed E-state index contributed by atoms with van der Waals surface area (Å²) >= 11 is 0. The number of nitrogens with zero attached hydrogens (tertiary/aromatic N) is 2. The number of hydrogen-bond acceptors (Lipinski definition) is 2. The van der Waals surface area contributed by atoms with Gasteiger partial charge in [-0.1, -0.05) is 194 Å². The predicted octanol–water partition coefficient (Wildman–Crippen LogP) is 17.2. The minimum atomic E-state index is 0.213. The first-order valence-electron chi connectivity index (χ1n) is 22.5. The molecule has 0 radical (unpaired) electrons. The molecule has 0 aliphatic heterocycles. The summed E-state index contributed by atoms with van der Waals surface area (Å²) in [5.74, 6) is 0.213. The normalized spacial score (nSPS) is 14.8. The number of fused-ring (bicyclic) bond motifs is 2. The van der Waals surface area contributed by atoms with Crippen molar-refractivity contribution in [3.63, 3.8) is 0 Å². The number of benzene rings is 9. The second-order valence-corrected chi connectivity index (χ2v) is 16.7. The molecule has 1 atom stereocenters. The monoisotopic (exact) mass is 820 g/mol. The van der Waals surface area contributed by atoms with Gasteiger partial charge in [0.2, 0.25) is 0 Å². The molecule has 2 heteroatoms. The van der Waals surface area contributed by atoms with Crippen molar-refractivity contribution in [3.05, 3.63) is 271 Å². The molecule has 2 nitrogen and oxygen atoms in total. The highest BCUT2D eigenvalue weighted by Gasteiger charge is 2.25. The smallest absolute Gasteiger partial charge is 0.0499 e. The van der Waals surface area contributed by atoms with Crippen molar-refractivity contribution in [2.45, 2.75) is 25.2 Å². The Morgan fingerprint density at radius 3 is 1.50 bits per heavy atom. The summed E-state index contributed by atoms with van der Waals surface area (Å²) in [5, 5.41) is 5.06. The highest BCUT2D eigenvalue weighted by atomic mass is 15.2. The van der Waals surface area contributed by atoms with Gasteiger partial charge in [0.25, 0.3) is 0 Å². The Morgan fingerprint density at radius 1 is 0.406 bits per heavy atom. The molecular formula is C62H48N2. The molecule has 0 spiro atoms. The van der Waals surface area contributed by atoms with Crippen molar-refractivity contribution in [2.24, 2.45) is 0 Å². The Balaban J connectivity index is 0.922. The Morgan fingerprint density at radius 2 is 0.906 bits per heavy atom. The van der Waals surface area contributed by atoms with Gasteiger partial charge < -0.3 is 9.80 Å². The average molecular weight is 821 g/mol. The van der Waals surface area contributed by atoms with Crippen LogP contribution in [0.3, 0.4) is 0 Å². The molecule has 0 bridgehead atoms. The van der Waals surface area contributed by atoms with Crippen LogP contribution in [-0.4, -0.2) is 0 Å². The van der Waals surface area contributed by atoms with E-state index in [1.54, 1.807) is 0 Å². The Hall–Kier alpha value is -7.94. The van der Waals surface area contributed by atoms with Crippen molar-refractivity contribution in [2.75, 3.05) is 9.80 Å². The summed E-state index contributed by atoms with van der Waals surface area (Å²) in [4.78, 5) is 4.90. The molecule has 0 saturated heterocycles. The van der Waals surface area contributed by atoms with E-state index >= 15 is 0 Å². The van der Waals surface area contributed by atoms with Crippen LogP contribution in [0.25, 0.3) is 43.8 Å². The van der Waals surface area contributed by atoms with E-state index in [2.05, 4.69) is 259 Å². The summed E-state index contributed by atoms with van der Waals surface area (Å²) in [6, 6.07) is 79.3. The van der Waals surface area contributed by atoms with E-state index in [4.69, 9.17) is 0 Å². The summed E-state index contributed by atoms with van der Waals surface area (Å²) in [5.41, 5.74) is 15.9. The van der Waals surface area contributed by atoms with Gasteiger partial charge in [-0.3, -0.25) is 0 Å². The van der Waals surface area contributed by atoms with Gasteiger partial charge in [-0.05, 0) is 129 Å². The molecule has 0 N–H and O–H groups in total. The minimum absolute atomic E-state index is 0.213. The predicted molar refractivity (Wildman–Crippen MR) is 272 cm³/mol. The summed E-state index contributed by atoms with van der Waals surface area (Å²) in [7, 11) is 0. The zero-order chi connectivity index (χ0) is 42.7. The van der Waals surface area contributed by atoms with E-state index in [9.17, 15) is 0 Å². The van der Waals surface area contributed by atoms with Crippen LogP contribution in [0.1, 0.15) is 30.7 Å². The molecule has 2 aliphatic rings. The number of hydrogen-bond donors (Lipinski definition) is 0. The van der Waals surface area contributed by atoms with Gasteiger partial charge in [0.05, 0.1) is 0 Å². The molecule has 0 aromatic heterocycles. The fourth-order valence-electron chi connectivity index (χ4n) is 9.78. The second-order valence-electron chi connectivity index (χ2n) is 16.7. The molecule has 306 valence electrons. The standard InChI is InChI=1S/C62H48N2/c1-3-21-51(22-4-1)63(53-41-37-47(38-42-53)57-29-15-19-45-17-7-9-25-55(45)57)61-31-13-11-27-59(61)49-33-35-50(36-34-49)60-28-12-14-32-62(60)64(52-23-5-2-6-24-52)54-43-39-48(40-44-54)58-30-16-20-46-18-8-10-26-56(46)58/h1-13,15-31,33,35-44,49H,14,32,34H2. The lowest BCUT2D eigenvalue weighted by molar-refractivity contribution is 0.840. The van der Waals surface area contributed by atoms with E-state index < -0.39 is 0 Å². The molecule has 11 rings (SSSR count). The van der Waals surface area contributed by atoms with Gasteiger partial charge in [0.1, 0.15) is 0 Å². The van der Waals surface area contributed by atoms with E-state index in [1.165, 1.54) is 77.6 Å². The van der Waals surface area contributed by atoms with Gasteiger partial charge in [0.15, 0.2) is 0 Å². The largest absolute Gasteiger partial charge is 0.314 e. The van der Waals surface area contributed by atoms with Crippen LogP contribution in [0.2, 0.25) is 0 Å². The highest BCUT2D eigenvalue weighted by molar-refractivity contribution is 5.98. The summed E-state index contributed by atoms with van der Waals surface area (Å²) in [6.45, 7) is 0. The number of anilines is 5. The van der Waals surface area contributed by atoms with Gasteiger partial charge >= 0.3 is 0 Å². The first kappa shape index (κ1) is 38.9. The van der Waals surface area contributed by atoms with E-state index in [1.807, 2.05) is 0 Å². The first-order valence-corrected chi connectivity index (χ1v) is 22.5. The zero-order valence-electron chi connectivity index (χ0n) is 35.8. The van der Waals surface area contributed by atoms with Crippen LogP contribution in [0.15, 0.2) is 266 Å². The Bertz CT molecular complexity index is 3220. The quantitative estimate of drug-likeness (QED) is 0.136. The Kier molecular flexibility index (Phi) is 10.6. The van der Waals surface area contributed by atoms with Crippen LogP contribution in [-0.2, 0) is 0 Å². The third-order valence-electron chi connectivity index (χ3n) is 12.9. The van der Waals surface area contributed by atoms with Crippen LogP contribution in [0.4, 0.5) is 28.4 Å². The molecule has 1 unspecified atom stereocenters. The van der Waals surface area contributed by atoms with Crippen molar-refractivity contribution in [1.29, 1.82) is 0 Å². The third kappa shape index (κ3) is 7.54. The van der Waals surface area contributed by atoms with Crippen LogP contribution < -0.4 is 9.80 Å². The zero-order valence-corrected chi connectivity index (χ0v) is 35.8. The fraction of sp³-hybridized carbons (Fsp3) is 0.0645. The maximum Gasteiger partial charge on any atom is 0.0499 e. The third-order valence-corrected chi connectivity index (χ3v) is 12.9. The number of rotatable bonds is 10.